The molecule has 0 saturated heterocycles. The zero-order valence-electron chi connectivity index (χ0n) is 10.8. The highest BCUT2D eigenvalue weighted by Gasteiger charge is 2.18. The van der Waals surface area contributed by atoms with Crippen molar-refractivity contribution in [1.29, 1.82) is 0 Å². The summed E-state index contributed by atoms with van der Waals surface area (Å²) in [5, 5.41) is 10.9. The molecule has 0 radical (unpaired) electrons. The van der Waals surface area contributed by atoms with Gasteiger partial charge in [-0.15, -0.1) is 0 Å². The fourth-order valence-corrected chi connectivity index (χ4v) is 2.22. The second kappa shape index (κ2) is 5.17. The molecule has 0 aliphatic heterocycles. The third-order valence-corrected chi connectivity index (χ3v) is 3.54. The summed E-state index contributed by atoms with van der Waals surface area (Å²) in [4.78, 5) is 0. The van der Waals surface area contributed by atoms with Crippen LogP contribution in [0.2, 0.25) is 5.02 Å². The molecule has 3 heteroatoms. The topological polar surface area (TPSA) is 33.4 Å². The molecule has 2 rings (SSSR count). The lowest BCUT2D eigenvalue weighted by molar-refractivity contribution is 0.187. The van der Waals surface area contributed by atoms with Crippen LogP contribution in [0.4, 0.5) is 0 Å². The second-order valence-electron chi connectivity index (χ2n) is 4.52. The summed E-state index contributed by atoms with van der Waals surface area (Å²) in [6.07, 6.45) is 0.00463. The minimum atomic E-state index is -0.808. The van der Waals surface area contributed by atoms with Crippen molar-refractivity contribution in [3.05, 3.63) is 57.5 Å². The van der Waals surface area contributed by atoms with Gasteiger partial charge >= 0.3 is 0 Å². The van der Waals surface area contributed by atoms with Gasteiger partial charge in [0, 0.05) is 17.0 Å². The van der Waals surface area contributed by atoms with E-state index in [1.165, 1.54) is 0 Å². The van der Waals surface area contributed by atoms with Crippen LogP contribution >= 0.6 is 11.6 Å². The van der Waals surface area contributed by atoms with E-state index < -0.39 is 6.10 Å². The molecular formula is C15H17ClO2. The molecule has 0 amide bonds. The Morgan fingerprint density at radius 3 is 2.50 bits per heavy atom. The predicted molar refractivity (Wildman–Crippen MR) is 73.1 cm³/mol. The van der Waals surface area contributed by atoms with Crippen molar-refractivity contribution in [2.24, 2.45) is 0 Å². The smallest absolute Gasteiger partial charge is 0.138 e. The molecule has 0 aliphatic carbocycles. The van der Waals surface area contributed by atoms with Crippen molar-refractivity contribution in [2.75, 3.05) is 0 Å². The Labute approximate surface area is 112 Å². The lowest BCUT2D eigenvalue weighted by Gasteiger charge is -2.13. The molecule has 1 aromatic heterocycles. The normalized spacial score (nSPS) is 12.7. The number of hydrogen-bond acceptors (Lipinski definition) is 2. The quantitative estimate of drug-likeness (QED) is 0.902. The highest BCUT2D eigenvalue weighted by Crippen LogP contribution is 2.31. The minimum absolute atomic E-state index is 0.539. The van der Waals surface area contributed by atoms with Crippen LogP contribution in [0.15, 0.2) is 28.7 Å². The molecule has 2 aromatic rings. The first-order chi connectivity index (χ1) is 8.52. The average molecular weight is 265 g/mol. The Morgan fingerprint density at radius 2 is 1.89 bits per heavy atom. The van der Waals surface area contributed by atoms with Gasteiger partial charge in [0.2, 0.25) is 0 Å². The van der Waals surface area contributed by atoms with E-state index in [2.05, 4.69) is 0 Å². The van der Waals surface area contributed by atoms with Crippen LogP contribution < -0.4 is 0 Å². The van der Waals surface area contributed by atoms with Crippen molar-refractivity contribution >= 4 is 11.6 Å². The number of halogens is 1. The van der Waals surface area contributed by atoms with E-state index >= 15 is 0 Å². The fraction of sp³-hybridized carbons (Fsp3) is 0.333. The number of furan rings is 1. The number of benzene rings is 1. The first-order valence-corrected chi connectivity index (χ1v) is 6.44. The Bertz CT molecular complexity index is 558. The molecule has 1 aromatic carbocycles. The molecule has 1 heterocycles. The minimum Gasteiger partial charge on any atom is -0.463 e. The van der Waals surface area contributed by atoms with Gasteiger partial charge in [-0.1, -0.05) is 24.6 Å². The molecule has 1 N–H and O–H groups in total. The van der Waals surface area contributed by atoms with Crippen LogP contribution in [-0.2, 0) is 6.42 Å². The number of aliphatic hydroxyl groups is 1. The number of hydrogen-bond donors (Lipinski definition) is 1. The van der Waals surface area contributed by atoms with Gasteiger partial charge in [0.1, 0.15) is 17.6 Å². The molecule has 0 saturated carbocycles. The van der Waals surface area contributed by atoms with E-state index in [1.54, 1.807) is 6.07 Å². The zero-order chi connectivity index (χ0) is 13.3. The second-order valence-corrected chi connectivity index (χ2v) is 4.93. The van der Waals surface area contributed by atoms with Crippen LogP contribution in [0, 0.1) is 13.8 Å². The maximum Gasteiger partial charge on any atom is 0.138 e. The van der Waals surface area contributed by atoms with Crippen LogP contribution in [0.5, 0.6) is 0 Å². The highest BCUT2D eigenvalue weighted by atomic mass is 35.5. The predicted octanol–water partition coefficient (Wildman–Crippen LogP) is 4.19. The maximum absolute atomic E-state index is 10.3. The lowest BCUT2D eigenvalue weighted by Crippen LogP contribution is -2.00. The van der Waals surface area contributed by atoms with E-state index in [0.717, 1.165) is 23.3 Å². The summed E-state index contributed by atoms with van der Waals surface area (Å²) in [7, 11) is 0. The Hall–Kier alpha value is -1.25. The van der Waals surface area contributed by atoms with Gasteiger partial charge in [-0.05, 0) is 43.2 Å². The fourth-order valence-electron chi connectivity index (χ4n) is 1.90. The summed E-state index contributed by atoms with van der Waals surface area (Å²) >= 11 is 6.19. The molecule has 1 atom stereocenters. The van der Waals surface area contributed by atoms with Crippen LogP contribution in [0.1, 0.15) is 41.2 Å². The summed E-state index contributed by atoms with van der Waals surface area (Å²) in [6, 6.07) is 7.47. The van der Waals surface area contributed by atoms with Crippen molar-refractivity contribution in [3.8, 4) is 0 Å². The average Bonchev–Trinajstić information content (AvgIpc) is 2.81. The van der Waals surface area contributed by atoms with E-state index in [-0.39, 0.29) is 0 Å². The van der Waals surface area contributed by atoms with Crippen LogP contribution in [0.3, 0.4) is 0 Å². The molecule has 18 heavy (non-hydrogen) atoms. The summed E-state index contributed by atoms with van der Waals surface area (Å²) in [5.41, 5.74) is 2.91. The molecule has 96 valence electrons. The van der Waals surface area contributed by atoms with E-state index in [1.807, 2.05) is 39.0 Å². The first kappa shape index (κ1) is 13.2. The third kappa shape index (κ3) is 2.45. The molecule has 0 fully saturated rings. The van der Waals surface area contributed by atoms with Gasteiger partial charge < -0.3 is 9.52 Å². The number of aliphatic hydroxyl groups excluding tert-OH is 1. The van der Waals surface area contributed by atoms with Crippen LogP contribution in [-0.4, -0.2) is 5.11 Å². The Kier molecular flexibility index (Phi) is 3.79. The van der Waals surface area contributed by atoms with Gasteiger partial charge in [0.15, 0.2) is 0 Å². The Morgan fingerprint density at radius 1 is 1.22 bits per heavy atom. The van der Waals surface area contributed by atoms with Crippen molar-refractivity contribution in [1.82, 2.24) is 0 Å². The van der Waals surface area contributed by atoms with Gasteiger partial charge in [0.05, 0.1) is 0 Å². The zero-order valence-corrected chi connectivity index (χ0v) is 11.6. The standard InChI is InChI=1S/C15H17ClO2/c1-4-11-5-6-14(18-11)15(17)12-7-9(2)10(3)8-13(12)16/h5-8,15,17H,4H2,1-3H3. The van der Waals surface area contributed by atoms with Gasteiger partial charge in [-0.3, -0.25) is 0 Å². The highest BCUT2D eigenvalue weighted by molar-refractivity contribution is 6.31. The number of rotatable bonds is 3. The van der Waals surface area contributed by atoms with E-state index in [0.29, 0.717) is 16.3 Å². The number of aryl methyl sites for hydroxylation is 3. The summed E-state index contributed by atoms with van der Waals surface area (Å²) < 4.78 is 5.57. The molecule has 1 unspecified atom stereocenters. The maximum atomic E-state index is 10.3. The van der Waals surface area contributed by atoms with Crippen LogP contribution in [0.25, 0.3) is 0 Å². The summed E-state index contributed by atoms with van der Waals surface area (Å²) in [5.74, 6) is 1.40. The van der Waals surface area contributed by atoms with E-state index in [4.69, 9.17) is 16.0 Å². The van der Waals surface area contributed by atoms with Gasteiger partial charge in [-0.2, -0.15) is 0 Å². The van der Waals surface area contributed by atoms with Gasteiger partial charge in [0.25, 0.3) is 0 Å². The third-order valence-electron chi connectivity index (χ3n) is 3.21. The summed E-state index contributed by atoms with van der Waals surface area (Å²) in [6.45, 7) is 6.01. The molecule has 2 nitrogen and oxygen atoms in total. The lowest BCUT2D eigenvalue weighted by atomic mass is 10.0. The Balaban J connectivity index is 2.39. The SMILES string of the molecule is CCc1ccc(C(O)c2cc(C)c(C)cc2Cl)o1. The molecular weight excluding hydrogens is 248 g/mol. The first-order valence-electron chi connectivity index (χ1n) is 6.06. The van der Waals surface area contributed by atoms with Gasteiger partial charge in [-0.25, -0.2) is 0 Å². The van der Waals surface area contributed by atoms with Crippen molar-refractivity contribution in [2.45, 2.75) is 33.3 Å². The largest absolute Gasteiger partial charge is 0.463 e. The molecule has 0 aliphatic rings. The van der Waals surface area contributed by atoms with Crippen molar-refractivity contribution < 1.29 is 9.52 Å². The van der Waals surface area contributed by atoms with Crippen molar-refractivity contribution in [3.63, 3.8) is 0 Å². The monoisotopic (exact) mass is 264 g/mol. The molecule has 0 spiro atoms. The van der Waals surface area contributed by atoms with E-state index in [9.17, 15) is 5.11 Å². The molecule has 0 bridgehead atoms.